The molecule has 10 rings (SSSR count). The van der Waals surface area contributed by atoms with Crippen LogP contribution in [0, 0.1) is 0 Å². The van der Waals surface area contributed by atoms with E-state index in [2.05, 4.69) is 165 Å². The minimum atomic E-state index is -0.236. The van der Waals surface area contributed by atoms with Gasteiger partial charge >= 0.3 is 0 Å². The Bertz CT molecular complexity index is 2750. The normalized spacial score (nSPS) is 14.8. The summed E-state index contributed by atoms with van der Waals surface area (Å²) < 4.78 is 2.64. The highest BCUT2D eigenvalue weighted by atomic mass is 32.1. The van der Waals surface area contributed by atoms with Gasteiger partial charge in [-0.2, -0.15) is 0 Å². The molecule has 51 heavy (non-hydrogen) atoms. The maximum atomic E-state index is 5.19. The monoisotopic (exact) mass is 668 g/mol. The number of aromatic nitrogens is 2. The topological polar surface area (TPSA) is 25.8 Å². The van der Waals surface area contributed by atoms with Crippen LogP contribution in [-0.2, 0) is 5.41 Å². The van der Waals surface area contributed by atoms with Crippen LogP contribution in [0.4, 0.5) is 0 Å². The third kappa shape index (κ3) is 4.77. The molecule has 1 aliphatic carbocycles. The molecule has 0 amide bonds. The molecule has 1 aliphatic rings. The molecule has 2 nitrogen and oxygen atoms in total. The van der Waals surface area contributed by atoms with Gasteiger partial charge in [0.15, 0.2) is 5.82 Å². The lowest BCUT2D eigenvalue weighted by Crippen LogP contribution is -2.22. The van der Waals surface area contributed by atoms with Crippen LogP contribution in [0.15, 0.2) is 176 Å². The van der Waals surface area contributed by atoms with Gasteiger partial charge in [0.25, 0.3) is 0 Å². The molecule has 0 fully saturated rings. The molecular formula is C48H32N2S. The average molecular weight is 669 g/mol. The van der Waals surface area contributed by atoms with Crippen LogP contribution < -0.4 is 0 Å². The number of thiophene rings is 1. The average Bonchev–Trinajstić information content (AvgIpc) is 3.72. The molecular weight excluding hydrogens is 637 g/mol. The molecule has 0 aliphatic heterocycles. The van der Waals surface area contributed by atoms with E-state index in [4.69, 9.17) is 9.97 Å². The van der Waals surface area contributed by atoms with Gasteiger partial charge in [-0.3, -0.25) is 0 Å². The zero-order valence-electron chi connectivity index (χ0n) is 28.0. The van der Waals surface area contributed by atoms with E-state index in [1.54, 1.807) is 0 Å². The summed E-state index contributed by atoms with van der Waals surface area (Å²) in [4.78, 5) is 10.3. The van der Waals surface area contributed by atoms with Gasteiger partial charge in [0.05, 0.1) is 11.4 Å². The predicted molar refractivity (Wildman–Crippen MR) is 214 cm³/mol. The lowest BCUT2D eigenvalue weighted by molar-refractivity contribution is 0.714. The number of rotatable bonds is 5. The Kier molecular flexibility index (Phi) is 6.83. The Morgan fingerprint density at radius 1 is 0.431 bits per heavy atom. The van der Waals surface area contributed by atoms with Crippen LogP contribution in [0.5, 0.6) is 0 Å². The zero-order valence-corrected chi connectivity index (χ0v) is 28.9. The first kappa shape index (κ1) is 29.7. The summed E-state index contributed by atoms with van der Waals surface area (Å²) in [5, 5.41) is 2.63. The summed E-state index contributed by atoms with van der Waals surface area (Å²) >= 11 is 1.86. The summed E-state index contributed by atoms with van der Waals surface area (Å²) in [7, 11) is 0. The standard InChI is InChI=1S/C48H32N2S/c1-48(35-15-6-3-7-16-35)41-21-10-8-17-37(41)40-29-34(27-28-42(40)48)44-30-43(49-47(50-44)33-13-4-2-5-14-33)32-25-23-31(24-26-32)36-19-12-20-39-38-18-9-11-22-45(38)51-46(36)39/h2-30H,1H3. The van der Waals surface area contributed by atoms with Crippen molar-refractivity contribution in [3.05, 3.63) is 193 Å². The number of hydrogen-bond donors (Lipinski definition) is 0. The number of fused-ring (bicyclic) bond motifs is 6. The summed E-state index contributed by atoms with van der Waals surface area (Å²) in [6.07, 6.45) is 0. The third-order valence-electron chi connectivity index (χ3n) is 10.6. The van der Waals surface area contributed by atoms with Gasteiger partial charge in [-0.15, -0.1) is 11.3 Å². The molecule has 2 heterocycles. The van der Waals surface area contributed by atoms with Gasteiger partial charge in [0.2, 0.25) is 0 Å². The van der Waals surface area contributed by atoms with Crippen LogP contribution in [0.2, 0.25) is 0 Å². The molecule has 0 bridgehead atoms. The van der Waals surface area contributed by atoms with Crippen molar-refractivity contribution in [2.24, 2.45) is 0 Å². The van der Waals surface area contributed by atoms with E-state index in [0.717, 1.165) is 33.9 Å². The molecule has 1 atom stereocenters. The molecule has 9 aromatic rings. The Balaban J connectivity index is 1.09. The molecule has 1 unspecified atom stereocenters. The maximum absolute atomic E-state index is 5.19. The molecule has 0 N–H and O–H groups in total. The predicted octanol–water partition coefficient (Wildman–Crippen LogP) is 12.8. The van der Waals surface area contributed by atoms with Crippen LogP contribution in [0.3, 0.4) is 0 Å². The van der Waals surface area contributed by atoms with Crippen LogP contribution in [0.1, 0.15) is 23.6 Å². The Labute approximate surface area is 301 Å². The van der Waals surface area contributed by atoms with Crippen molar-refractivity contribution in [2.45, 2.75) is 12.3 Å². The zero-order chi connectivity index (χ0) is 33.9. The van der Waals surface area contributed by atoms with E-state index < -0.39 is 0 Å². The second-order valence-corrected chi connectivity index (χ2v) is 14.5. The van der Waals surface area contributed by atoms with E-state index in [1.807, 2.05) is 29.5 Å². The van der Waals surface area contributed by atoms with Crippen LogP contribution >= 0.6 is 11.3 Å². The van der Waals surface area contributed by atoms with E-state index >= 15 is 0 Å². The fourth-order valence-corrected chi connectivity index (χ4v) is 9.24. The van der Waals surface area contributed by atoms with Crippen molar-refractivity contribution < 1.29 is 0 Å². The fraction of sp³-hybridized carbons (Fsp3) is 0.0417. The SMILES string of the molecule is CC1(c2ccccc2)c2ccccc2-c2cc(-c3cc(-c4ccc(-c5cccc6c5sc5ccccc56)cc4)nc(-c4ccccc4)n3)ccc21. The minimum absolute atomic E-state index is 0.236. The number of hydrogen-bond acceptors (Lipinski definition) is 3. The van der Waals surface area contributed by atoms with Gasteiger partial charge in [0, 0.05) is 42.3 Å². The van der Waals surface area contributed by atoms with Crippen molar-refractivity contribution in [1.82, 2.24) is 9.97 Å². The van der Waals surface area contributed by atoms with Crippen molar-refractivity contribution in [1.29, 1.82) is 0 Å². The van der Waals surface area contributed by atoms with Crippen molar-refractivity contribution in [2.75, 3.05) is 0 Å². The molecule has 240 valence electrons. The molecule has 3 heteroatoms. The highest BCUT2D eigenvalue weighted by Crippen LogP contribution is 2.53. The van der Waals surface area contributed by atoms with Gasteiger partial charge in [0.1, 0.15) is 0 Å². The summed E-state index contributed by atoms with van der Waals surface area (Å²) in [6, 6.07) is 63.2. The highest BCUT2D eigenvalue weighted by molar-refractivity contribution is 7.26. The molecule has 2 aromatic heterocycles. The van der Waals surface area contributed by atoms with Crippen LogP contribution in [0.25, 0.3) is 76.3 Å². The van der Waals surface area contributed by atoms with E-state index in [9.17, 15) is 0 Å². The van der Waals surface area contributed by atoms with Crippen LogP contribution in [-0.4, -0.2) is 9.97 Å². The van der Waals surface area contributed by atoms with Crippen molar-refractivity contribution in [3.8, 4) is 56.2 Å². The quantitative estimate of drug-likeness (QED) is 0.182. The van der Waals surface area contributed by atoms with E-state index in [-0.39, 0.29) is 5.41 Å². The van der Waals surface area contributed by atoms with E-state index in [1.165, 1.54) is 59.1 Å². The number of benzene rings is 7. The molecule has 0 spiro atoms. The molecule has 0 saturated heterocycles. The summed E-state index contributed by atoms with van der Waals surface area (Å²) in [5.41, 5.74) is 13.7. The molecule has 0 radical (unpaired) electrons. The largest absolute Gasteiger partial charge is 0.228 e. The van der Waals surface area contributed by atoms with Crippen molar-refractivity contribution in [3.63, 3.8) is 0 Å². The van der Waals surface area contributed by atoms with Gasteiger partial charge in [-0.1, -0.05) is 158 Å². The Hall–Kier alpha value is -6.16. The first-order valence-electron chi connectivity index (χ1n) is 17.4. The maximum Gasteiger partial charge on any atom is 0.160 e. The third-order valence-corrected chi connectivity index (χ3v) is 11.8. The highest BCUT2D eigenvalue weighted by Gasteiger charge is 2.40. The lowest BCUT2D eigenvalue weighted by atomic mass is 9.74. The summed E-state index contributed by atoms with van der Waals surface area (Å²) in [5.74, 6) is 0.720. The van der Waals surface area contributed by atoms with Gasteiger partial charge < -0.3 is 0 Å². The Morgan fingerprint density at radius 2 is 1.04 bits per heavy atom. The van der Waals surface area contributed by atoms with E-state index in [0.29, 0.717) is 0 Å². The first-order valence-corrected chi connectivity index (χ1v) is 18.2. The minimum Gasteiger partial charge on any atom is -0.228 e. The van der Waals surface area contributed by atoms with Gasteiger partial charge in [-0.25, -0.2) is 9.97 Å². The fourth-order valence-electron chi connectivity index (χ4n) is 8.00. The smallest absolute Gasteiger partial charge is 0.160 e. The molecule has 0 saturated carbocycles. The van der Waals surface area contributed by atoms with Gasteiger partial charge in [-0.05, 0) is 64.1 Å². The number of nitrogens with zero attached hydrogens (tertiary/aromatic N) is 2. The second-order valence-electron chi connectivity index (χ2n) is 13.5. The second kappa shape index (κ2) is 11.7. The van der Waals surface area contributed by atoms with Crippen molar-refractivity contribution >= 4 is 31.5 Å². The molecule has 7 aromatic carbocycles. The first-order chi connectivity index (χ1) is 25.1. The lowest BCUT2D eigenvalue weighted by Gasteiger charge is -2.28. The Morgan fingerprint density at radius 3 is 1.86 bits per heavy atom. The summed E-state index contributed by atoms with van der Waals surface area (Å²) in [6.45, 7) is 2.36.